The van der Waals surface area contributed by atoms with Crippen LogP contribution < -0.4 is 0 Å². The van der Waals surface area contributed by atoms with Gasteiger partial charge in [0.2, 0.25) is 0 Å². The van der Waals surface area contributed by atoms with E-state index in [0.717, 1.165) is 0 Å². The average Bonchev–Trinajstić information content (AvgIpc) is 3.11. The van der Waals surface area contributed by atoms with Gasteiger partial charge in [-0.1, -0.05) is 13.8 Å². The highest BCUT2D eigenvalue weighted by molar-refractivity contribution is 7.80. The van der Waals surface area contributed by atoms with Gasteiger partial charge in [-0.15, -0.1) is 0 Å². The number of halogens is 2. The summed E-state index contributed by atoms with van der Waals surface area (Å²) in [6.07, 6.45) is -1.33. The lowest BCUT2D eigenvalue weighted by atomic mass is 9.45. The Kier molecular flexibility index (Phi) is 5.24. The molecule has 0 bridgehead atoms. The third kappa shape index (κ3) is 2.90. The molecule has 0 amide bonds. The molecular weight excluding hydrogens is 450 g/mol. The summed E-state index contributed by atoms with van der Waals surface area (Å²) in [4.78, 5) is 12.1. The van der Waals surface area contributed by atoms with Gasteiger partial charge in [0.15, 0.2) is 28.0 Å². The molecule has 0 aromatic carbocycles. The van der Waals surface area contributed by atoms with Gasteiger partial charge >= 0.3 is 0 Å². The van der Waals surface area contributed by atoms with E-state index in [-0.39, 0.29) is 42.3 Å². The predicted molar refractivity (Wildman–Crippen MR) is 121 cm³/mol. The number of allylic oxidation sites excluding steroid dienone is 1. The first kappa shape index (κ1) is 23.8. The summed E-state index contributed by atoms with van der Waals surface area (Å²) in [5.74, 6) is -3.04. The van der Waals surface area contributed by atoms with Crippen LogP contribution in [0.5, 0.6) is 0 Å². The van der Waals surface area contributed by atoms with Crippen LogP contribution in [-0.2, 0) is 19.0 Å². The number of ether oxygens (including phenoxy) is 3. The molecule has 5 nitrogen and oxygen atoms in total. The Hall–Kier alpha value is -0.960. The molecule has 0 spiro atoms. The van der Waals surface area contributed by atoms with Crippen LogP contribution in [0.3, 0.4) is 0 Å². The highest BCUT2D eigenvalue weighted by Gasteiger charge is 2.77. The molecule has 8 heteroatoms. The zero-order valence-electron chi connectivity index (χ0n) is 20.0. The summed E-state index contributed by atoms with van der Waals surface area (Å²) >= 11 is 5.76. The van der Waals surface area contributed by atoms with Crippen molar-refractivity contribution in [1.29, 1.82) is 0 Å². The van der Waals surface area contributed by atoms with Crippen LogP contribution in [0.4, 0.5) is 8.78 Å². The number of hydrogen-bond acceptors (Lipinski definition) is 6. The molecule has 1 saturated heterocycles. The van der Waals surface area contributed by atoms with Crippen molar-refractivity contribution in [3.05, 3.63) is 11.4 Å². The molecule has 3 saturated carbocycles. The quantitative estimate of drug-likeness (QED) is 0.578. The number of carbonyl (C=O) groups excluding carboxylic acids is 1. The third-order valence-corrected chi connectivity index (χ3v) is 9.94. The number of aliphatic hydroxyl groups is 1. The van der Waals surface area contributed by atoms with Gasteiger partial charge in [0.1, 0.15) is 6.17 Å². The maximum atomic E-state index is 15.6. The van der Waals surface area contributed by atoms with Gasteiger partial charge < -0.3 is 19.3 Å². The second-order valence-electron chi connectivity index (χ2n) is 11.6. The van der Waals surface area contributed by atoms with Crippen molar-refractivity contribution in [3.8, 4) is 0 Å². The molecule has 5 rings (SSSR count). The molecular formula is C25H34F2O5S. The summed E-state index contributed by atoms with van der Waals surface area (Å²) in [5.41, 5.74) is -2.60. The largest absolute Gasteiger partial charge is 0.484 e. The Labute approximate surface area is 199 Å². The standard InChI is InChI=1S/C25H34F2O5S/c1-6-30-21(33)25-17(31-22(2,3)32-25)10-13-12-9-14(26)19-20(27)15(28)7-8-23(19,4)18(12)16(29)11-24(13,25)5/h12-14,16-18,29H,6-11H2,1-5H3/t12-,13-,14-,16-,17+,18+,23+,24-,25-/m0/s1. The fourth-order valence-electron chi connectivity index (χ4n) is 8.48. The van der Waals surface area contributed by atoms with Gasteiger partial charge in [0, 0.05) is 22.8 Å². The fraction of sp³-hybridized carbons (Fsp3) is 0.840. The van der Waals surface area contributed by atoms with Crippen LogP contribution >= 0.6 is 12.2 Å². The highest BCUT2D eigenvalue weighted by atomic mass is 32.1. The Morgan fingerprint density at radius 2 is 1.97 bits per heavy atom. The molecule has 1 heterocycles. The number of alkyl halides is 1. The van der Waals surface area contributed by atoms with Gasteiger partial charge in [-0.25, -0.2) is 8.78 Å². The number of carbonyl (C=O) groups is 1. The molecule has 0 aromatic rings. The second-order valence-corrected chi connectivity index (χ2v) is 11.9. The summed E-state index contributed by atoms with van der Waals surface area (Å²) < 4.78 is 49.2. The van der Waals surface area contributed by atoms with E-state index >= 15 is 4.39 Å². The smallest absolute Gasteiger partial charge is 0.195 e. The zero-order chi connectivity index (χ0) is 24.1. The van der Waals surface area contributed by atoms with E-state index in [2.05, 4.69) is 6.92 Å². The van der Waals surface area contributed by atoms with E-state index in [1.165, 1.54) is 0 Å². The normalized spacial score (nSPS) is 50.4. The van der Waals surface area contributed by atoms with E-state index in [1.54, 1.807) is 0 Å². The topological polar surface area (TPSA) is 65.0 Å². The molecule has 4 aliphatic carbocycles. The van der Waals surface area contributed by atoms with E-state index in [9.17, 15) is 14.3 Å². The van der Waals surface area contributed by atoms with E-state index in [0.29, 0.717) is 30.9 Å². The number of aliphatic hydroxyl groups excluding tert-OH is 1. The molecule has 5 aliphatic rings. The van der Waals surface area contributed by atoms with Gasteiger partial charge in [-0.05, 0) is 76.4 Å². The van der Waals surface area contributed by atoms with Crippen molar-refractivity contribution in [2.75, 3.05) is 6.61 Å². The van der Waals surface area contributed by atoms with E-state index < -0.39 is 46.1 Å². The number of rotatable bonds is 2. The van der Waals surface area contributed by atoms with Crippen LogP contribution in [0, 0.1) is 28.6 Å². The lowest BCUT2D eigenvalue weighted by Gasteiger charge is -2.61. The number of ketones is 1. The molecule has 9 atom stereocenters. The van der Waals surface area contributed by atoms with E-state index in [1.807, 2.05) is 27.7 Å². The SMILES string of the molecule is CCOC(=S)[C@@]12OC(C)(C)O[C@@H]1C[C@H]1[C@@H]3C[C@H](F)C4=C(F)C(=O)CC[C@]4(C)[C@H]3[C@@H](O)C[C@@]12C. The maximum absolute atomic E-state index is 15.6. The van der Waals surface area contributed by atoms with Crippen LogP contribution in [0.25, 0.3) is 0 Å². The van der Waals surface area contributed by atoms with Crippen molar-refractivity contribution in [2.45, 2.75) is 96.5 Å². The molecule has 184 valence electrons. The predicted octanol–water partition coefficient (Wildman–Crippen LogP) is 4.60. The summed E-state index contributed by atoms with van der Waals surface area (Å²) in [7, 11) is 0. The van der Waals surface area contributed by atoms with Crippen molar-refractivity contribution in [3.63, 3.8) is 0 Å². The summed E-state index contributed by atoms with van der Waals surface area (Å²) in [6, 6.07) is 0. The fourth-order valence-corrected chi connectivity index (χ4v) is 9.01. The van der Waals surface area contributed by atoms with Gasteiger partial charge in [-0.3, -0.25) is 4.79 Å². The average molecular weight is 485 g/mol. The van der Waals surface area contributed by atoms with Crippen LogP contribution in [0.2, 0.25) is 0 Å². The lowest BCUT2D eigenvalue weighted by Crippen LogP contribution is -2.64. The van der Waals surface area contributed by atoms with Crippen LogP contribution in [-0.4, -0.2) is 52.3 Å². The summed E-state index contributed by atoms with van der Waals surface area (Å²) in [6.45, 7) is 9.83. The molecule has 33 heavy (non-hydrogen) atoms. The molecule has 0 aromatic heterocycles. The molecule has 0 radical (unpaired) electrons. The van der Waals surface area contributed by atoms with Gasteiger partial charge in [-0.2, -0.15) is 0 Å². The Morgan fingerprint density at radius 1 is 1.27 bits per heavy atom. The number of fused-ring (bicyclic) bond motifs is 7. The van der Waals surface area contributed by atoms with Crippen molar-refractivity contribution < 1.29 is 32.9 Å². The van der Waals surface area contributed by atoms with Gasteiger partial charge in [0.25, 0.3) is 0 Å². The molecule has 1 N–H and O–H groups in total. The summed E-state index contributed by atoms with van der Waals surface area (Å²) in [5, 5.41) is 11.9. The van der Waals surface area contributed by atoms with Crippen molar-refractivity contribution >= 4 is 23.1 Å². The monoisotopic (exact) mass is 484 g/mol. The van der Waals surface area contributed by atoms with Crippen molar-refractivity contribution in [1.82, 2.24) is 0 Å². The highest BCUT2D eigenvalue weighted by Crippen LogP contribution is 2.71. The van der Waals surface area contributed by atoms with E-state index in [4.69, 9.17) is 26.4 Å². The minimum atomic E-state index is -1.55. The Morgan fingerprint density at radius 3 is 2.64 bits per heavy atom. The number of hydrogen-bond donors (Lipinski definition) is 1. The third-order valence-electron chi connectivity index (χ3n) is 9.52. The molecule has 4 fully saturated rings. The zero-order valence-corrected chi connectivity index (χ0v) is 20.8. The maximum Gasteiger partial charge on any atom is 0.195 e. The minimum absolute atomic E-state index is 0.0333. The number of Topliss-reactive ketones (excluding diaryl/α,β-unsaturated/α-hetero) is 1. The first-order valence-corrected chi connectivity index (χ1v) is 12.5. The lowest BCUT2D eigenvalue weighted by molar-refractivity contribution is -0.216. The first-order chi connectivity index (χ1) is 15.3. The first-order valence-electron chi connectivity index (χ1n) is 12.1. The van der Waals surface area contributed by atoms with Crippen molar-refractivity contribution in [2.24, 2.45) is 28.6 Å². The minimum Gasteiger partial charge on any atom is -0.484 e. The molecule has 0 unspecified atom stereocenters. The number of thiocarbonyl (C=S) groups is 1. The van der Waals surface area contributed by atoms with Crippen LogP contribution in [0.15, 0.2) is 11.4 Å². The van der Waals surface area contributed by atoms with Gasteiger partial charge in [0.05, 0.1) is 18.8 Å². The Bertz CT molecular complexity index is 936. The second kappa shape index (κ2) is 7.28. The Balaban J connectivity index is 1.61. The van der Waals surface area contributed by atoms with Crippen LogP contribution in [0.1, 0.15) is 66.7 Å². The molecule has 1 aliphatic heterocycles.